The maximum Gasteiger partial charge on any atom is 0.275 e. The molecule has 6 heteroatoms. The quantitative estimate of drug-likeness (QED) is 0.756. The molecule has 1 N–H and O–H groups in total. The number of hydrogen-bond donors (Lipinski definition) is 1. The molecule has 2 amide bonds. The lowest BCUT2D eigenvalue weighted by Crippen LogP contribution is -2.25. The van der Waals surface area contributed by atoms with Gasteiger partial charge in [0.15, 0.2) is 0 Å². The minimum absolute atomic E-state index is 0.0896. The monoisotopic (exact) mass is 363 g/mol. The predicted octanol–water partition coefficient (Wildman–Crippen LogP) is 4.19. The van der Waals surface area contributed by atoms with E-state index in [1.807, 2.05) is 54.6 Å². The summed E-state index contributed by atoms with van der Waals surface area (Å²) in [5.74, 6) is -0.186. The van der Waals surface area contributed by atoms with E-state index in [1.54, 1.807) is 10.3 Å². The van der Waals surface area contributed by atoms with Gasteiger partial charge < -0.3 is 10.2 Å². The Hall–Kier alpha value is -2.99. The van der Waals surface area contributed by atoms with E-state index in [4.69, 9.17) is 0 Å². The number of aromatic nitrogens is 1. The molecule has 2 heterocycles. The number of carbonyl (C=O) groups is 2. The maximum absolute atomic E-state index is 12.6. The molecule has 3 aromatic rings. The molecule has 5 nitrogen and oxygen atoms in total. The van der Waals surface area contributed by atoms with Crippen LogP contribution in [0.15, 0.2) is 60.0 Å². The lowest BCUT2D eigenvalue weighted by molar-refractivity contribution is -0.117. The fourth-order valence-corrected chi connectivity index (χ4v) is 3.80. The molecule has 0 atom stereocenters. The Labute approximate surface area is 155 Å². The summed E-state index contributed by atoms with van der Waals surface area (Å²) in [5.41, 5.74) is 2.72. The van der Waals surface area contributed by atoms with Crippen LogP contribution in [-0.2, 0) is 4.79 Å². The highest BCUT2D eigenvalue weighted by atomic mass is 32.1. The molecule has 1 aliphatic heterocycles. The summed E-state index contributed by atoms with van der Waals surface area (Å²) in [6.45, 7) is 0.681. The fraction of sp³-hybridized carbons (Fsp3) is 0.150. The molecule has 130 valence electrons. The number of thiazole rings is 1. The molecule has 0 aliphatic carbocycles. The number of anilines is 2. The standard InChI is InChI=1S/C20H17N3O2S/c24-18-11-6-12-23(18)17-10-5-4-9-15(17)21-19(25)16-13-26-20(22-16)14-7-2-1-3-8-14/h1-5,7-10,13H,6,11-12H2,(H,21,25). The van der Waals surface area contributed by atoms with Crippen molar-refractivity contribution >= 4 is 34.5 Å². The Morgan fingerprint density at radius 3 is 2.62 bits per heavy atom. The second kappa shape index (κ2) is 7.09. The molecule has 0 saturated carbocycles. The Morgan fingerprint density at radius 1 is 1.08 bits per heavy atom. The first-order valence-corrected chi connectivity index (χ1v) is 9.32. The Balaban J connectivity index is 1.56. The molecule has 1 fully saturated rings. The summed E-state index contributed by atoms with van der Waals surface area (Å²) in [6.07, 6.45) is 1.39. The number of carbonyl (C=O) groups excluding carboxylic acids is 2. The van der Waals surface area contributed by atoms with Crippen LogP contribution in [0.4, 0.5) is 11.4 Å². The summed E-state index contributed by atoms with van der Waals surface area (Å²) in [4.78, 5) is 30.9. The molecule has 0 unspecified atom stereocenters. The maximum atomic E-state index is 12.6. The zero-order valence-electron chi connectivity index (χ0n) is 14.0. The average Bonchev–Trinajstić information content (AvgIpc) is 3.32. The summed E-state index contributed by atoms with van der Waals surface area (Å²) < 4.78 is 0. The van der Waals surface area contributed by atoms with Crippen LogP contribution >= 0.6 is 11.3 Å². The molecule has 1 aromatic heterocycles. The third-order valence-corrected chi connectivity index (χ3v) is 5.17. The van der Waals surface area contributed by atoms with Crippen LogP contribution < -0.4 is 10.2 Å². The minimum atomic E-state index is -0.275. The number of para-hydroxylation sites is 2. The van der Waals surface area contributed by atoms with E-state index in [9.17, 15) is 9.59 Å². The minimum Gasteiger partial charge on any atom is -0.319 e. The van der Waals surface area contributed by atoms with Crippen molar-refractivity contribution in [3.05, 3.63) is 65.7 Å². The second-order valence-corrected chi connectivity index (χ2v) is 6.88. The van der Waals surface area contributed by atoms with Gasteiger partial charge in [-0.2, -0.15) is 0 Å². The Morgan fingerprint density at radius 2 is 1.85 bits per heavy atom. The van der Waals surface area contributed by atoms with Gasteiger partial charge in [-0.15, -0.1) is 11.3 Å². The van der Waals surface area contributed by atoms with Crippen molar-refractivity contribution in [2.75, 3.05) is 16.8 Å². The molecule has 0 bridgehead atoms. The van der Waals surface area contributed by atoms with Gasteiger partial charge in [-0.25, -0.2) is 4.98 Å². The van der Waals surface area contributed by atoms with Crippen LogP contribution in [0.2, 0.25) is 0 Å². The van der Waals surface area contributed by atoms with Crippen molar-refractivity contribution in [1.82, 2.24) is 4.98 Å². The van der Waals surface area contributed by atoms with Gasteiger partial charge in [0, 0.05) is 23.9 Å². The molecule has 0 radical (unpaired) electrons. The van der Waals surface area contributed by atoms with Gasteiger partial charge in [0.2, 0.25) is 5.91 Å². The molecule has 1 saturated heterocycles. The smallest absolute Gasteiger partial charge is 0.275 e. The number of amides is 2. The Bertz CT molecular complexity index is 952. The SMILES string of the molecule is O=C(Nc1ccccc1N1CCCC1=O)c1csc(-c2ccccc2)n1. The number of nitrogens with zero attached hydrogens (tertiary/aromatic N) is 2. The van der Waals surface area contributed by atoms with Crippen molar-refractivity contribution in [2.24, 2.45) is 0 Å². The van der Waals surface area contributed by atoms with E-state index in [2.05, 4.69) is 10.3 Å². The van der Waals surface area contributed by atoms with Crippen molar-refractivity contribution in [1.29, 1.82) is 0 Å². The van der Waals surface area contributed by atoms with Gasteiger partial charge >= 0.3 is 0 Å². The van der Waals surface area contributed by atoms with Gasteiger partial charge in [-0.1, -0.05) is 42.5 Å². The summed E-state index contributed by atoms with van der Waals surface area (Å²) in [7, 11) is 0. The Kier molecular flexibility index (Phi) is 4.50. The number of rotatable bonds is 4. The molecule has 4 rings (SSSR count). The largest absolute Gasteiger partial charge is 0.319 e. The van der Waals surface area contributed by atoms with Gasteiger partial charge in [0.1, 0.15) is 10.7 Å². The molecule has 1 aliphatic rings. The van der Waals surface area contributed by atoms with E-state index in [1.165, 1.54) is 11.3 Å². The first-order chi connectivity index (χ1) is 12.7. The second-order valence-electron chi connectivity index (χ2n) is 6.02. The van der Waals surface area contributed by atoms with Crippen molar-refractivity contribution in [3.8, 4) is 10.6 Å². The van der Waals surface area contributed by atoms with Gasteiger partial charge in [-0.05, 0) is 18.6 Å². The highest BCUT2D eigenvalue weighted by Gasteiger charge is 2.24. The topological polar surface area (TPSA) is 62.3 Å². The third-order valence-electron chi connectivity index (χ3n) is 4.27. The molecule has 0 spiro atoms. The average molecular weight is 363 g/mol. The summed E-state index contributed by atoms with van der Waals surface area (Å²) >= 11 is 1.43. The van der Waals surface area contributed by atoms with E-state index in [-0.39, 0.29) is 11.8 Å². The first-order valence-electron chi connectivity index (χ1n) is 8.44. The highest BCUT2D eigenvalue weighted by molar-refractivity contribution is 7.13. The van der Waals surface area contributed by atoms with Gasteiger partial charge in [-0.3, -0.25) is 9.59 Å². The molecule has 26 heavy (non-hydrogen) atoms. The fourth-order valence-electron chi connectivity index (χ4n) is 3.00. The van der Waals surface area contributed by atoms with Crippen LogP contribution in [0, 0.1) is 0 Å². The summed E-state index contributed by atoms with van der Waals surface area (Å²) in [6, 6.07) is 17.1. The number of hydrogen-bond acceptors (Lipinski definition) is 4. The number of benzene rings is 2. The van der Waals surface area contributed by atoms with Gasteiger partial charge in [0.25, 0.3) is 5.91 Å². The van der Waals surface area contributed by atoms with E-state index in [0.29, 0.717) is 24.3 Å². The summed E-state index contributed by atoms with van der Waals surface area (Å²) in [5, 5.41) is 5.46. The van der Waals surface area contributed by atoms with Crippen molar-refractivity contribution in [2.45, 2.75) is 12.8 Å². The van der Waals surface area contributed by atoms with Crippen LogP contribution in [0.5, 0.6) is 0 Å². The highest BCUT2D eigenvalue weighted by Crippen LogP contribution is 2.30. The zero-order valence-corrected chi connectivity index (χ0v) is 14.8. The van der Waals surface area contributed by atoms with E-state index in [0.717, 1.165) is 22.7 Å². The normalized spacial score (nSPS) is 13.8. The van der Waals surface area contributed by atoms with Crippen LogP contribution in [-0.4, -0.2) is 23.3 Å². The van der Waals surface area contributed by atoms with Gasteiger partial charge in [0.05, 0.1) is 11.4 Å². The lowest BCUT2D eigenvalue weighted by Gasteiger charge is -2.19. The lowest BCUT2D eigenvalue weighted by atomic mass is 10.2. The predicted molar refractivity (Wildman–Crippen MR) is 104 cm³/mol. The van der Waals surface area contributed by atoms with Crippen LogP contribution in [0.25, 0.3) is 10.6 Å². The van der Waals surface area contributed by atoms with Crippen LogP contribution in [0.3, 0.4) is 0 Å². The zero-order chi connectivity index (χ0) is 17.9. The molecule has 2 aromatic carbocycles. The van der Waals surface area contributed by atoms with Crippen molar-refractivity contribution in [3.63, 3.8) is 0 Å². The van der Waals surface area contributed by atoms with Crippen LogP contribution in [0.1, 0.15) is 23.3 Å². The first kappa shape index (κ1) is 16.5. The number of nitrogens with one attached hydrogen (secondary N) is 1. The van der Waals surface area contributed by atoms with E-state index < -0.39 is 0 Å². The molecular weight excluding hydrogens is 346 g/mol. The third kappa shape index (κ3) is 3.23. The van der Waals surface area contributed by atoms with E-state index >= 15 is 0 Å². The molecular formula is C20H17N3O2S. The van der Waals surface area contributed by atoms with Crippen molar-refractivity contribution < 1.29 is 9.59 Å².